The molecule has 0 saturated carbocycles. The van der Waals surface area contributed by atoms with Crippen LogP contribution in [0.25, 0.3) is 0 Å². The third kappa shape index (κ3) is 6.61. The van der Waals surface area contributed by atoms with Crippen molar-refractivity contribution in [1.82, 2.24) is 0 Å². The predicted octanol–water partition coefficient (Wildman–Crippen LogP) is 1.04. The first-order valence-electron chi connectivity index (χ1n) is 3.88. The minimum absolute atomic E-state index is 0.514. The average molecular weight is 245 g/mol. The van der Waals surface area contributed by atoms with Crippen LogP contribution in [-0.4, -0.2) is 17.8 Å². The predicted molar refractivity (Wildman–Crippen MR) is 45.1 cm³/mol. The van der Waals surface area contributed by atoms with Gasteiger partial charge in [0.05, 0.1) is 5.41 Å². The van der Waals surface area contributed by atoms with E-state index >= 15 is 0 Å². The van der Waals surface area contributed by atoms with Crippen LogP contribution in [0.3, 0.4) is 0 Å². The van der Waals surface area contributed by atoms with Crippen LogP contribution in [-0.2, 0) is 18.9 Å². The highest BCUT2D eigenvalue weighted by Crippen LogP contribution is 2.30. The lowest BCUT2D eigenvalue weighted by molar-refractivity contribution is -0.777. The molecule has 0 bridgehead atoms. The first-order chi connectivity index (χ1) is 6.69. The van der Waals surface area contributed by atoms with Gasteiger partial charge in [0, 0.05) is 0 Å². The highest BCUT2D eigenvalue weighted by molar-refractivity contribution is 7.95. The van der Waals surface area contributed by atoms with E-state index in [1.807, 2.05) is 0 Å². The van der Waals surface area contributed by atoms with Gasteiger partial charge < -0.3 is 9.99 Å². The van der Waals surface area contributed by atoms with Crippen LogP contribution >= 0.6 is 12.0 Å². The molecule has 90 valence electrons. The molecule has 0 fully saturated rings. The minimum atomic E-state index is -3.52. The summed E-state index contributed by atoms with van der Waals surface area (Å²) in [4.78, 5) is 11.1. The quantitative estimate of drug-likeness (QED) is 0.312. The molecule has 15 heavy (non-hydrogen) atoms. The maximum atomic E-state index is 12.7. The average Bonchev–Trinajstić information content (AvgIpc) is 2.09. The molecule has 0 unspecified atom stereocenters. The molecule has 0 amide bonds. The van der Waals surface area contributed by atoms with Gasteiger partial charge in [-0.25, -0.2) is 0 Å². The molecule has 0 aliphatic carbocycles. The van der Waals surface area contributed by atoms with Crippen molar-refractivity contribution in [2.45, 2.75) is 26.0 Å². The Kier molecular flexibility index (Phi) is 5.43. The number of halogens is 2. The summed E-state index contributed by atoms with van der Waals surface area (Å²) in [5.74, 6) is -0.772. The molecule has 0 aliphatic rings. The van der Waals surface area contributed by atoms with E-state index in [2.05, 4.69) is 14.1 Å². The Balaban J connectivity index is 3.98. The summed E-state index contributed by atoms with van der Waals surface area (Å²) in [5, 5.41) is 8.51. The molecule has 0 radical (unpaired) electrons. The molecule has 0 rings (SSSR count). The minimum Gasteiger partial charge on any atom is -0.691 e. The third-order valence-corrected chi connectivity index (χ3v) is 1.65. The number of hydrogen-bond donors (Lipinski definition) is 0. The monoisotopic (exact) mass is 245 g/mol. The van der Waals surface area contributed by atoms with Crippen molar-refractivity contribution < 1.29 is 32.9 Å². The van der Waals surface area contributed by atoms with E-state index in [0.29, 0.717) is 0 Å². The van der Waals surface area contributed by atoms with Crippen molar-refractivity contribution in [3.05, 3.63) is 0 Å². The summed E-state index contributed by atoms with van der Waals surface area (Å²) in [6.45, 7) is 3.39. The van der Waals surface area contributed by atoms with E-state index in [-0.39, 0.29) is 0 Å². The van der Waals surface area contributed by atoms with E-state index < -0.39 is 35.3 Å². The molecular formula is C7H11F2O5S-. The zero-order valence-corrected chi connectivity index (χ0v) is 9.23. The maximum absolute atomic E-state index is 12.7. The van der Waals surface area contributed by atoms with Gasteiger partial charge in [0.15, 0.2) is 6.61 Å². The molecule has 0 spiro atoms. The Labute approximate surface area is 89.7 Å². The Morgan fingerprint density at radius 2 is 1.93 bits per heavy atom. The highest BCUT2D eigenvalue weighted by Gasteiger charge is 2.35. The van der Waals surface area contributed by atoms with Crippen LogP contribution in [0.1, 0.15) is 20.8 Å². The van der Waals surface area contributed by atoms with Crippen LogP contribution in [0.15, 0.2) is 0 Å². The van der Waals surface area contributed by atoms with Gasteiger partial charge in [0.25, 0.3) is 0 Å². The third-order valence-electron chi connectivity index (χ3n) is 1.17. The number of ether oxygens (including phenoxy) is 1. The molecule has 0 saturated heterocycles. The summed E-state index contributed by atoms with van der Waals surface area (Å²) in [6, 6.07) is 0. The lowest BCUT2D eigenvalue weighted by atomic mass is 9.97. The van der Waals surface area contributed by atoms with Crippen LogP contribution in [0, 0.1) is 5.41 Å². The van der Waals surface area contributed by atoms with Crippen molar-refractivity contribution in [2.75, 3.05) is 6.61 Å². The number of carbonyl (C=O) groups is 1. The van der Waals surface area contributed by atoms with Gasteiger partial charge in [0.1, 0.15) is 12.0 Å². The van der Waals surface area contributed by atoms with Crippen molar-refractivity contribution in [3.8, 4) is 0 Å². The Bertz CT molecular complexity index is 216. The number of esters is 1. The van der Waals surface area contributed by atoms with E-state index in [0.717, 1.165) is 0 Å². The van der Waals surface area contributed by atoms with Crippen LogP contribution in [0.4, 0.5) is 8.78 Å². The highest BCUT2D eigenvalue weighted by atomic mass is 32.2. The van der Waals surface area contributed by atoms with Gasteiger partial charge >= 0.3 is 11.2 Å². The fourth-order valence-electron chi connectivity index (χ4n) is 0.454. The zero-order valence-electron chi connectivity index (χ0n) is 8.41. The molecule has 0 heterocycles. The Hall–Kier alpha value is -0.440. The largest absolute Gasteiger partial charge is 0.691 e. The zero-order chi connectivity index (χ0) is 12.1. The topological polar surface area (TPSA) is 67.8 Å². The van der Waals surface area contributed by atoms with Gasteiger partial charge in [-0.15, -0.1) is 0 Å². The maximum Gasteiger partial charge on any atom is 0.354 e. The van der Waals surface area contributed by atoms with Crippen molar-refractivity contribution in [2.24, 2.45) is 5.41 Å². The molecule has 5 nitrogen and oxygen atoms in total. The smallest absolute Gasteiger partial charge is 0.354 e. The number of hydrogen-bond acceptors (Lipinski definition) is 6. The second kappa shape index (κ2) is 5.59. The van der Waals surface area contributed by atoms with E-state index in [1.165, 1.54) is 20.8 Å². The summed E-state index contributed by atoms with van der Waals surface area (Å²) < 4.78 is 33.2. The van der Waals surface area contributed by atoms with Crippen molar-refractivity contribution in [3.63, 3.8) is 0 Å². The van der Waals surface area contributed by atoms with Crippen LogP contribution < -0.4 is 5.26 Å². The molecule has 0 aromatic rings. The molecule has 0 aromatic heterocycles. The lowest BCUT2D eigenvalue weighted by Crippen LogP contribution is -2.29. The fourth-order valence-corrected chi connectivity index (χ4v) is 0.688. The second-order valence-electron chi connectivity index (χ2n) is 3.68. The Morgan fingerprint density at radius 1 is 1.40 bits per heavy atom. The molecular weight excluding hydrogens is 234 g/mol. The summed E-state index contributed by atoms with van der Waals surface area (Å²) in [6.07, 6.45) is 0. The number of alkyl halides is 2. The number of rotatable bonds is 5. The van der Waals surface area contributed by atoms with E-state index in [9.17, 15) is 18.8 Å². The SMILES string of the molecule is CC(C)(C)C(=O)OCC(F)(F)SOO[O-]. The van der Waals surface area contributed by atoms with Crippen molar-refractivity contribution >= 4 is 18.0 Å². The number of carbonyl (C=O) groups excluding carboxylic acids is 1. The van der Waals surface area contributed by atoms with Gasteiger partial charge in [-0.3, -0.25) is 9.83 Å². The normalized spacial score (nSPS) is 12.7. The lowest BCUT2D eigenvalue weighted by Gasteiger charge is -2.19. The first-order valence-corrected chi connectivity index (χ1v) is 4.62. The van der Waals surface area contributed by atoms with Crippen LogP contribution in [0.2, 0.25) is 0 Å². The Morgan fingerprint density at radius 3 is 2.33 bits per heavy atom. The summed E-state index contributed by atoms with van der Waals surface area (Å²) >= 11 is -0.514. The van der Waals surface area contributed by atoms with Gasteiger partial charge in [-0.05, 0) is 20.8 Å². The molecule has 0 aliphatic heterocycles. The summed E-state index contributed by atoms with van der Waals surface area (Å²) in [5.41, 5.74) is -0.864. The van der Waals surface area contributed by atoms with Gasteiger partial charge in [-0.1, -0.05) is 0 Å². The molecule has 0 aromatic carbocycles. The van der Waals surface area contributed by atoms with Gasteiger partial charge in [-0.2, -0.15) is 13.1 Å². The molecule has 0 N–H and O–H groups in total. The van der Waals surface area contributed by atoms with Crippen molar-refractivity contribution in [1.29, 1.82) is 0 Å². The van der Waals surface area contributed by atoms with Gasteiger partial charge in [0.2, 0.25) is 0 Å². The molecule has 0 atom stereocenters. The molecule has 8 heteroatoms. The van der Waals surface area contributed by atoms with Crippen LogP contribution in [0.5, 0.6) is 0 Å². The summed E-state index contributed by atoms with van der Waals surface area (Å²) in [7, 11) is 0. The second-order valence-corrected chi connectivity index (χ2v) is 4.58. The first kappa shape index (κ1) is 14.6. The van der Waals surface area contributed by atoms with E-state index in [4.69, 9.17) is 0 Å². The van der Waals surface area contributed by atoms with E-state index in [1.54, 1.807) is 0 Å². The standard InChI is InChI=1S/C7H12F2O5S/c1-6(2,3)5(10)12-4-7(8,9)15-14-13-11/h11H,4H2,1-3H3/p-1. The fraction of sp³-hybridized carbons (Fsp3) is 0.857.